The third-order valence-corrected chi connectivity index (χ3v) is 4.10. The summed E-state index contributed by atoms with van der Waals surface area (Å²) in [5, 5.41) is 3.35. The molecule has 0 bridgehead atoms. The van der Waals surface area contributed by atoms with Crippen molar-refractivity contribution in [3.63, 3.8) is 0 Å². The number of fused-ring (bicyclic) bond motifs is 5. The minimum absolute atomic E-state index is 0.895. The number of nitrogens with zero attached hydrogens (tertiary/aromatic N) is 3. The van der Waals surface area contributed by atoms with Gasteiger partial charge in [-0.2, -0.15) is 0 Å². The topological polar surface area (TPSA) is 46.5 Å². The monoisotopic (exact) mass is 284 g/mol. The van der Waals surface area contributed by atoms with Gasteiger partial charge in [0.25, 0.3) is 0 Å². The molecule has 5 rings (SSSR count). The smallest absolute Gasteiger partial charge is 0.140 e. The van der Waals surface area contributed by atoms with Crippen LogP contribution in [0.15, 0.2) is 67.3 Å². The lowest BCUT2D eigenvalue weighted by Crippen LogP contribution is -1.92. The van der Waals surface area contributed by atoms with Crippen molar-refractivity contribution in [3.05, 3.63) is 67.3 Å². The average Bonchev–Trinajstić information content (AvgIpc) is 3.16. The number of pyridine rings is 2. The molecular formula is C18H12N4. The number of benzene rings is 1. The summed E-state index contributed by atoms with van der Waals surface area (Å²) < 4.78 is 2.21. The van der Waals surface area contributed by atoms with Gasteiger partial charge in [-0.25, -0.2) is 4.98 Å². The van der Waals surface area contributed by atoms with Crippen LogP contribution in [0.4, 0.5) is 0 Å². The normalized spacial score (nSPS) is 11.6. The van der Waals surface area contributed by atoms with E-state index < -0.39 is 0 Å². The summed E-state index contributed by atoms with van der Waals surface area (Å²) in [5.41, 5.74) is 4.26. The van der Waals surface area contributed by atoms with Crippen molar-refractivity contribution < 1.29 is 0 Å². The standard InChI is InChI=1S/C18H12N4/c1-2-4-13(5-3-1)22-9-7-12-10-20-18-16(17(12)22)14-11-19-8-6-15(14)21-18/h1-11H,(H,20,21). The Morgan fingerprint density at radius 1 is 0.955 bits per heavy atom. The fourth-order valence-corrected chi connectivity index (χ4v) is 3.11. The summed E-state index contributed by atoms with van der Waals surface area (Å²) in [5.74, 6) is 0. The third kappa shape index (κ3) is 1.46. The molecule has 0 amide bonds. The highest BCUT2D eigenvalue weighted by Gasteiger charge is 2.13. The van der Waals surface area contributed by atoms with Crippen LogP contribution in [0.3, 0.4) is 0 Å². The van der Waals surface area contributed by atoms with Gasteiger partial charge in [-0.1, -0.05) is 18.2 Å². The quantitative estimate of drug-likeness (QED) is 0.504. The second-order valence-electron chi connectivity index (χ2n) is 5.35. The number of aromatic amines is 1. The van der Waals surface area contributed by atoms with E-state index in [2.05, 4.69) is 56.0 Å². The Morgan fingerprint density at radius 2 is 1.86 bits per heavy atom. The first-order valence-electron chi connectivity index (χ1n) is 7.19. The van der Waals surface area contributed by atoms with Gasteiger partial charge in [-0.3, -0.25) is 4.98 Å². The lowest BCUT2D eigenvalue weighted by atomic mass is 10.2. The molecule has 1 aromatic carbocycles. The minimum Gasteiger partial charge on any atom is -0.339 e. The average molecular weight is 284 g/mol. The van der Waals surface area contributed by atoms with Crippen LogP contribution in [0.2, 0.25) is 0 Å². The maximum atomic E-state index is 4.56. The summed E-state index contributed by atoms with van der Waals surface area (Å²) in [6.07, 6.45) is 7.71. The molecule has 0 unspecified atom stereocenters. The number of aromatic nitrogens is 4. The van der Waals surface area contributed by atoms with Gasteiger partial charge >= 0.3 is 0 Å². The van der Waals surface area contributed by atoms with E-state index in [0.29, 0.717) is 0 Å². The van der Waals surface area contributed by atoms with Crippen LogP contribution in [0.5, 0.6) is 0 Å². The zero-order valence-electron chi connectivity index (χ0n) is 11.7. The van der Waals surface area contributed by atoms with Crippen LogP contribution in [0.1, 0.15) is 0 Å². The highest BCUT2D eigenvalue weighted by molar-refractivity contribution is 6.17. The second-order valence-corrected chi connectivity index (χ2v) is 5.35. The van der Waals surface area contributed by atoms with E-state index in [4.69, 9.17) is 0 Å². The molecule has 5 aromatic rings. The number of para-hydroxylation sites is 1. The Balaban J connectivity index is 2.01. The second kappa shape index (κ2) is 4.18. The zero-order chi connectivity index (χ0) is 14.5. The SMILES string of the molecule is c1ccc(-n2ccc3cnc4[nH]c5ccncc5c4c32)cc1. The summed E-state index contributed by atoms with van der Waals surface area (Å²) >= 11 is 0. The third-order valence-electron chi connectivity index (χ3n) is 4.10. The molecule has 4 heteroatoms. The van der Waals surface area contributed by atoms with E-state index in [1.165, 1.54) is 0 Å². The van der Waals surface area contributed by atoms with E-state index >= 15 is 0 Å². The summed E-state index contributed by atoms with van der Waals surface area (Å²) in [7, 11) is 0. The van der Waals surface area contributed by atoms with Gasteiger partial charge < -0.3 is 9.55 Å². The lowest BCUT2D eigenvalue weighted by molar-refractivity contribution is 1.13. The minimum atomic E-state index is 0.895. The Labute approximate surface area is 126 Å². The molecule has 0 radical (unpaired) electrons. The highest BCUT2D eigenvalue weighted by Crippen LogP contribution is 2.32. The number of hydrogen-bond acceptors (Lipinski definition) is 2. The largest absolute Gasteiger partial charge is 0.339 e. The molecule has 4 heterocycles. The van der Waals surface area contributed by atoms with Crippen molar-refractivity contribution in [2.75, 3.05) is 0 Å². The van der Waals surface area contributed by atoms with Crippen LogP contribution in [0.25, 0.3) is 38.5 Å². The van der Waals surface area contributed by atoms with Gasteiger partial charge in [0.1, 0.15) is 5.65 Å². The summed E-state index contributed by atoms with van der Waals surface area (Å²) in [6.45, 7) is 0. The van der Waals surface area contributed by atoms with Gasteiger partial charge in [0.2, 0.25) is 0 Å². The van der Waals surface area contributed by atoms with E-state index in [1.807, 2.05) is 24.5 Å². The molecule has 0 aliphatic carbocycles. The van der Waals surface area contributed by atoms with Crippen molar-refractivity contribution in [1.82, 2.24) is 19.5 Å². The van der Waals surface area contributed by atoms with Crippen molar-refractivity contribution in [2.24, 2.45) is 0 Å². The molecule has 0 spiro atoms. The van der Waals surface area contributed by atoms with Gasteiger partial charge in [0, 0.05) is 41.2 Å². The predicted octanol–water partition coefficient (Wildman–Crippen LogP) is 4.06. The van der Waals surface area contributed by atoms with E-state index in [-0.39, 0.29) is 0 Å². The van der Waals surface area contributed by atoms with Crippen LogP contribution in [0, 0.1) is 0 Å². The molecular weight excluding hydrogens is 272 g/mol. The number of nitrogens with one attached hydrogen (secondary N) is 1. The fraction of sp³-hybridized carbons (Fsp3) is 0. The molecule has 104 valence electrons. The first kappa shape index (κ1) is 11.5. The Kier molecular flexibility index (Phi) is 2.19. The van der Waals surface area contributed by atoms with Crippen molar-refractivity contribution in [2.45, 2.75) is 0 Å². The molecule has 0 aliphatic rings. The van der Waals surface area contributed by atoms with Gasteiger partial charge in [-0.15, -0.1) is 0 Å². The maximum Gasteiger partial charge on any atom is 0.140 e. The maximum absolute atomic E-state index is 4.56. The van der Waals surface area contributed by atoms with E-state index in [9.17, 15) is 0 Å². The Hall–Kier alpha value is -3.14. The number of hydrogen-bond donors (Lipinski definition) is 1. The molecule has 4 nitrogen and oxygen atoms in total. The van der Waals surface area contributed by atoms with Crippen LogP contribution >= 0.6 is 0 Å². The van der Waals surface area contributed by atoms with Gasteiger partial charge in [0.15, 0.2) is 0 Å². The lowest BCUT2D eigenvalue weighted by Gasteiger charge is -2.06. The molecule has 1 N–H and O–H groups in total. The molecule has 0 saturated heterocycles. The predicted molar refractivity (Wildman–Crippen MR) is 88.2 cm³/mol. The molecule has 22 heavy (non-hydrogen) atoms. The first-order valence-corrected chi connectivity index (χ1v) is 7.19. The molecule has 4 aromatic heterocycles. The van der Waals surface area contributed by atoms with E-state index in [0.717, 1.165) is 38.5 Å². The van der Waals surface area contributed by atoms with Crippen LogP contribution in [-0.2, 0) is 0 Å². The Morgan fingerprint density at radius 3 is 2.77 bits per heavy atom. The van der Waals surface area contributed by atoms with Crippen molar-refractivity contribution >= 4 is 32.8 Å². The first-order chi connectivity index (χ1) is 10.9. The summed E-state index contributed by atoms with van der Waals surface area (Å²) in [6, 6.07) is 14.4. The number of H-pyrrole nitrogens is 1. The van der Waals surface area contributed by atoms with Crippen molar-refractivity contribution in [3.8, 4) is 5.69 Å². The van der Waals surface area contributed by atoms with Crippen LogP contribution < -0.4 is 0 Å². The molecule has 0 fully saturated rings. The summed E-state index contributed by atoms with van der Waals surface area (Å²) in [4.78, 5) is 12.2. The zero-order valence-corrected chi connectivity index (χ0v) is 11.7. The van der Waals surface area contributed by atoms with Gasteiger partial charge in [0.05, 0.1) is 16.4 Å². The Bertz CT molecular complexity index is 1120. The number of rotatable bonds is 1. The van der Waals surface area contributed by atoms with E-state index in [1.54, 1.807) is 6.20 Å². The van der Waals surface area contributed by atoms with Crippen LogP contribution in [-0.4, -0.2) is 19.5 Å². The molecule has 0 aliphatic heterocycles. The highest BCUT2D eigenvalue weighted by atomic mass is 15.0. The molecule has 0 atom stereocenters. The van der Waals surface area contributed by atoms with Gasteiger partial charge in [-0.05, 0) is 24.3 Å². The fourth-order valence-electron chi connectivity index (χ4n) is 3.11. The van der Waals surface area contributed by atoms with Crippen molar-refractivity contribution in [1.29, 1.82) is 0 Å². The molecule has 0 saturated carbocycles.